The van der Waals surface area contributed by atoms with Gasteiger partial charge in [0.1, 0.15) is 11.9 Å². The van der Waals surface area contributed by atoms with Crippen molar-refractivity contribution < 1.29 is 12.8 Å². The molecule has 0 heterocycles. The van der Waals surface area contributed by atoms with E-state index in [-0.39, 0.29) is 0 Å². The van der Waals surface area contributed by atoms with Crippen molar-refractivity contribution in [2.45, 2.75) is 6.17 Å². The molecule has 0 aromatic heterocycles. The van der Waals surface area contributed by atoms with E-state index in [1.807, 2.05) is 0 Å². The predicted molar refractivity (Wildman–Crippen MR) is 49.9 cm³/mol. The number of benzene rings is 1. The molecule has 0 saturated heterocycles. The maximum absolute atomic E-state index is 13.2. The summed E-state index contributed by atoms with van der Waals surface area (Å²) in [5.74, 6) is -0.682. The average molecular weight is 223 g/mol. The molecule has 0 radical (unpaired) electrons. The van der Waals surface area contributed by atoms with Crippen LogP contribution >= 0.6 is 10.7 Å². The van der Waals surface area contributed by atoms with Crippen LogP contribution in [0.3, 0.4) is 0 Å². The lowest BCUT2D eigenvalue weighted by atomic mass is 10.1. The molecule has 1 aromatic rings. The van der Waals surface area contributed by atoms with Crippen LogP contribution in [0.2, 0.25) is 0 Å². The average Bonchev–Trinajstić information content (AvgIpc) is 2.03. The fourth-order valence-electron chi connectivity index (χ4n) is 0.933. The van der Waals surface area contributed by atoms with Crippen molar-refractivity contribution in [3.05, 3.63) is 35.9 Å². The molecule has 1 atom stereocenters. The van der Waals surface area contributed by atoms with Crippen molar-refractivity contribution in [2.75, 3.05) is 5.75 Å². The highest BCUT2D eigenvalue weighted by Crippen LogP contribution is 2.20. The first kappa shape index (κ1) is 10.5. The largest absolute Gasteiger partial charge is 0.241 e. The normalized spacial score (nSPS) is 14.0. The highest BCUT2D eigenvalue weighted by molar-refractivity contribution is 8.13. The van der Waals surface area contributed by atoms with E-state index in [1.165, 1.54) is 12.1 Å². The maximum Gasteiger partial charge on any atom is 0.235 e. The summed E-state index contributed by atoms with van der Waals surface area (Å²) >= 11 is 0. The molecule has 0 saturated carbocycles. The van der Waals surface area contributed by atoms with Crippen LogP contribution in [0.1, 0.15) is 11.7 Å². The fraction of sp³-hybridized carbons (Fsp3) is 0.250. The summed E-state index contributed by atoms with van der Waals surface area (Å²) in [5.41, 5.74) is 0.326. The minimum atomic E-state index is -3.77. The molecule has 1 rings (SSSR count). The first-order valence-electron chi connectivity index (χ1n) is 3.60. The van der Waals surface area contributed by atoms with Crippen molar-refractivity contribution in [3.8, 4) is 0 Å². The molecule has 0 fully saturated rings. The highest BCUT2D eigenvalue weighted by Gasteiger charge is 2.17. The minimum absolute atomic E-state index is 0.326. The maximum atomic E-state index is 13.2. The van der Waals surface area contributed by atoms with Crippen molar-refractivity contribution in [1.82, 2.24) is 0 Å². The van der Waals surface area contributed by atoms with Gasteiger partial charge in [0.2, 0.25) is 9.05 Å². The molecule has 2 nitrogen and oxygen atoms in total. The van der Waals surface area contributed by atoms with E-state index in [2.05, 4.69) is 0 Å². The Bertz CT molecular complexity index is 363. The Labute approximate surface area is 80.8 Å². The van der Waals surface area contributed by atoms with Gasteiger partial charge in [-0.15, -0.1) is 0 Å². The Balaban J connectivity index is 2.76. The van der Waals surface area contributed by atoms with Crippen LogP contribution in [0.4, 0.5) is 4.39 Å². The summed E-state index contributed by atoms with van der Waals surface area (Å²) in [6, 6.07) is 8.05. The number of rotatable bonds is 3. The van der Waals surface area contributed by atoms with E-state index in [0.717, 1.165) is 0 Å². The number of alkyl halides is 1. The van der Waals surface area contributed by atoms with Gasteiger partial charge in [0.25, 0.3) is 0 Å². The van der Waals surface area contributed by atoms with E-state index in [0.29, 0.717) is 5.56 Å². The zero-order valence-corrected chi connectivity index (χ0v) is 8.22. The number of hydrogen-bond acceptors (Lipinski definition) is 2. The monoisotopic (exact) mass is 222 g/mol. The predicted octanol–water partition coefficient (Wildman–Crippen LogP) is 2.27. The number of hydrogen-bond donors (Lipinski definition) is 0. The molecule has 0 aliphatic rings. The summed E-state index contributed by atoms with van der Waals surface area (Å²) in [6.45, 7) is 0. The van der Waals surface area contributed by atoms with Gasteiger partial charge >= 0.3 is 0 Å². The zero-order chi connectivity index (χ0) is 9.90. The van der Waals surface area contributed by atoms with E-state index in [9.17, 15) is 12.8 Å². The van der Waals surface area contributed by atoms with Gasteiger partial charge in [-0.2, -0.15) is 0 Å². The lowest BCUT2D eigenvalue weighted by Gasteiger charge is -2.04. The van der Waals surface area contributed by atoms with Gasteiger partial charge in [-0.25, -0.2) is 12.8 Å². The van der Waals surface area contributed by atoms with Crippen LogP contribution < -0.4 is 0 Å². The van der Waals surface area contributed by atoms with Gasteiger partial charge in [0, 0.05) is 10.7 Å². The summed E-state index contributed by atoms with van der Waals surface area (Å²) in [4.78, 5) is 0. The standard InChI is InChI=1S/C8H8ClFO2S/c9-13(11,12)6-8(10)7-4-2-1-3-5-7/h1-5,8H,6H2. The first-order valence-corrected chi connectivity index (χ1v) is 6.08. The van der Waals surface area contributed by atoms with Crippen LogP contribution in [0, 0.1) is 0 Å². The van der Waals surface area contributed by atoms with E-state index in [1.54, 1.807) is 18.2 Å². The Kier molecular flexibility index (Phi) is 3.27. The molecule has 1 aromatic carbocycles. The molecule has 13 heavy (non-hydrogen) atoms. The van der Waals surface area contributed by atoms with Crippen LogP contribution in [0.15, 0.2) is 30.3 Å². The third-order valence-electron chi connectivity index (χ3n) is 1.51. The van der Waals surface area contributed by atoms with Crippen LogP contribution in [0.25, 0.3) is 0 Å². The Morgan fingerprint density at radius 1 is 1.31 bits per heavy atom. The van der Waals surface area contributed by atoms with E-state index in [4.69, 9.17) is 10.7 Å². The summed E-state index contributed by atoms with van der Waals surface area (Å²) in [5, 5.41) is 0. The molecule has 5 heteroatoms. The minimum Gasteiger partial charge on any atom is -0.241 e. The molecule has 72 valence electrons. The molecule has 1 unspecified atom stereocenters. The third kappa shape index (κ3) is 3.74. The van der Waals surface area contributed by atoms with Gasteiger partial charge in [-0.1, -0.05) is 30.3 Å². The molecule has 0 aliphatic heterocycles. The highest BCUT2D eigenvalue weighted by atomic mass is 35.7. The van der Waals surface area contributed by atoms with Gasteiger partial charge in [-0.05, 0) is 5.56 Å². The molecule has 0 N–H and O–H groups in total. The van der Waals surface area contributed by atoms with Crippen LogP contribution in [0.5, 0.6) is 0 Å². The molecule has 0 spiro atoms. The lowest BCUT2D eigenvalue weighted by Crippen LogP contribution is -2.05. The first-order chi connectivity index (χ1) is 5.99. The van der Waals surface area contributed by atoms with Crippen LogP contribution in [-0.2, 0) is 9.05 Å². The van der Waals surface area contributed by atoms with E-state index >= 15 is 0 Å². The fourth-order valence-corrected chi connectivity index (χ4v) is 1.81. The second kappa shape index (κ2) is 4.07. The number of halogens is 2. The van der Waals surface area contributed by atoms with Gasteiger partial charge in [-0.3, -0.25) is 0 Å². The summed E-state index contributed by atoms with van der Waals surface area (Å²) in [6.07, 6.45) is -1.55. The van der Waals surface area contributed by atoms with Crippen molar-refractivity contribution >= 4 is 19.7 Å². The topological polar surface area (TPSA) is 34.1 Å². The summed E-state index contributed by atoms with van der Waals surface area (Å²) in [7, 11) is 1.14. The second-order valence-electron chi connectivity index (χ2n) is 2.58. The van der Waals surface area contributed by atoms with Crippen molar-refractivity contribution in [2.24, 2.45) is 0 Å². The van der Waals surface area contributed by atoms with Gasteiger partial charge in [0.15, 0.2) is 0 Å². The Morgan fingerprint density at radius 3 is 2.31 bits per heavy atom. The third-order valence-corrected chi connectivity index (χ3v) is 2.58. The smallest absolute Gasteiger partial charge is 0.235 e. The molecule has 0 aliphatic carbocycles. The van der Waals surface area contributed by atoms with Gasteiger partial charge < -0.3 is 0 Å². The SMILES string of the molecule is O=S(=O)(Cl)CC(F)c1ccccc1. The second-order valence-corrected chi connectivity index (χ2v) is 5.41. The van der Waals surface area contributed by atoms with Crippen LogP contribution in [-0.4, -0.2) is 14.2 Å². The zero-order valence-electron chi connectivity index (χ0n) is 6.65. The summed E-state index contributed by atoms with van der Waals surface area (Å²) < 4.78 is 34.2. The van der Waals surface area contributed by atoms with Crippen molar-refractivity contribution in [1.29, 1.82) is 0 Å². The van der Waals surface area contributed by atoms with Crippen molar-refractivity contribution in [3.63, 3.8) is 0 Å². The quantitative estimate of drug-likeness (QED) is 0.736. The van der Waals surface area contributed by atoms with Gasteiger partial charge in [0.05, 0.1) is 0 Å². The lowest BCUT2D eigenvalue weighted by molar-refractivity contribution is 0.375. The Morgan fingerprint density at radius 2 is 1.85 bits per heavy atom. The van der Waals surface area contributed by atoms with E-state index < -0.39 is 21.0 Å². The molecular weight excluding hydrogens is 215 g/mol. The molecular formula is C8H8ClFO2S. The molecule has 0 amide bonds. The Hall–Kier alpha value is -0.610. The molecule has 0 bridgehead atoms.